The average molecular weight is 229 g/mol. The molecule has 0 bridgehead atoms. The topological polar surface area (TPSA) is 43.1 Å². The van der Waals surface area contributed by atoms with Crippen molar-refractivity contribution in [3.05, 3.63) is 65.0 Å². The summed E-state index contributed by atoms with van der Waals surface area (Å²) in [7, 11) is 0. The van der Waals surface area contributed by atoms with Crippen molar-refractivity contribution >= 4 is 11.5 Å². The van der Waals surface area contributed by atoms with Crippen LogP contribution in [0.25, 0.3) is 0 Å². The second-order valence-corrected chi connectivity index (χ2v) is 3.93. The van der Waals surface area contributed by atoms with Crippen LogP contribution in [0.15, 0.2) is 42.5 Å². The molecule has 0 radical (unpaired) electrons. The van der Waals surface area contributed by atoms with Crippen LogP contribution in [0.3, 0.4) is 0 Å². The largest absolute Gasteiger partial charge is 0.396 e. The molecule has 0 aromatic heterocycles. The van der Waals surface area contributed by atoms with E-state index in [1.807, 2.05) is 19.1 Å². The Bertz CT molecular complexity index is 561. The lowest BCUT2D eigenvalue weighted by Crippen LogP contribution is -2.03. The van der Waals surface area contributed by atoms with Gasteiger partial charge in [0, 0.05) is 11.1 Å². The van der Waals surface area contributed by atoms with Crippen molar-refractivity contribution in [1.29, 1.82) is 0 Å². The number of hydrogen-bond donors (Lipinski definition) is 1. The van der Waals surface area contributed by atoms with E-state index in [-0.39, 0.29) is 11.5 Å². The highest BCUT2D eigenvalue weighted by molar-refractivity contribution is 6.09. The molecule has 3 heteroatoms. The van der Waals surface area contributed by atoms with Gasteiger partial charge >= 0.3 is 0 Å². The number of nitrogens with two attached hydrogens (primary N) is 1. The van der Waals surface area contributed by atoms with E-state index in [9.17, 15) is 9.18 Å². The van der Waals surface area contributed by atoms with Crippen LogP contribution < -0.4 is 5.73 Å². The molecule has 2 N–H and O–H groups in total. The summed E-state index contributed by atoms with van der Waals surface area (Å²) in [6.07, 6.45) is 0. The molecule has 0 amide bonds. The van der Waals surface area contributed by atoms with Gasteiger partial charge in [-0.1, -0.05) is 29.8 Å². The number of aryl methyl sites for hydroxylation is 1. The maximum absolute atomic E-state index is 13.0. The molecule has 0 heterocycles. The third-order valence-corrected chi connectivity index (χ3v) is 2.57. The van der Waals surface area contributed by atoms with E-state index < -0.39 is 5.82 Å². The van der Waals surface area contributed by atoms with Gasteiger partial charge in [0.15, 0.2) is 5.78 Å². The Morgan fingerprint density at radius 2 is 1.65 bits per heavy atom. The third kappa shape index (κ3) is 2.33. The normalized spacial score (nSPS) is 10.2. The van der Waals surface area contributed by atoms with Gasteiger partial charge in [0.25, 0.3) is 0 Å². The molecule has 0 aliphatic carbocycles. The van der Waals surface area contributed by atoms with Crippen LogP contribution in [-0.4, -0.2) is 5.78 Å². The molecule has 0 atom stereocenters. The lowest BCUT2D eigenvalue weighted by Gasteiger charge is -2.03. The van der Waals surface area contributed by atoms with Crippen molar-refractivity contribution in [2.45, 2.75) is 6.92 Å². The molecule has 17 heavy (non-hydrogen) atoms. The Hall–Kier alpha value is -2.16. The van der Waals surface area contributed by atoms with Gasteiger partial charge in [-0.25, -0.2) is 4.39 Å². The second kappa shape index (κ2) is 4.37. The van der Waals surface area contributed by atoms with E-state index in [0.717, 1.165) is 5.56 Å². The third-order valence-electron chi connectivity index (χ3n) is 2.57. The van der Waals surface area contributed by atoms with Crippen LogP contribution in [0, 0.1) is 12.7 Å². The SMILES string of the molecule is Cc1ccc(C(=O)c2ccc(F)c(N)c2)cc1. The number of hydrogen-bond acceptors (Lipinski definition) is 2. The highest BCUT2D eigenvalue weighted by Crippen LogP contribution is 2.16. The van der Waals surface area contributed by atoms with Crippen LogP contribution in [0.2, 0.25) is 0 Å². The maximum Gasteiger partial charge on any atom is 0.193 e. The van der Waals surface area contributed by atoms with Crippen molar-refractivity contribution in [2.75, 3.05) is 5.73 Å². The zero-order chi connectivity index (χ0) is 12.4. The smallest absolute Gasteiger partial charge is 0.193 e. The number of anilines is 1. The fraction of sp³-hybridized carbons (Fsp3) is 0.0714. The number of carbonyl (C=O) groups excluding carboxylic acids is 1. The van der Waals surface area contributed by atoms with Crippen LogP contribution >= 0.6 is 0 Å². The maximum atomic E-state index is 13.0. The highest BCUT2D eigenvalue weighted by Gasteiger charge is 2.10. The molecule has 0 unspecified atom stereocenters. The van der Waals surface area contributed by atoms with Crippen molar-refractivity contribution < 1.29 is 9.18 Å². The first kappa shape index (κ1) is 11.3. The zero-order valence-corrected chi connectivity index (χ0v) is 9.41. The predicted octanol–water partition coefficient (Wildman–Crippen LogP) is 2.95. The summed E-state index contributed by atoms with van der Waals surface area (Å²) in [4.78, 5) is 12.0. The summed E-state index contributed by atoms with van der Waals surface area (Å²) < 4.78 is 13.0. The summed E-state index contributed by atoms with van der Waals surface area (Å²) in [5.41, 5.74) is 7.47. The minimum absolute atomic E-state index is 0.0111. The molecule has 2 nitrogen and oxygen atoms in total. The van der Waals surface area contributed by atoms with Gasteiger partial charge < -0.3 is 5.73 Å². The summed E-state index contributed by atoms with van der Waals surface area (Å²) in [5.74, 6) is -0.665. The molecule has 2 rings (SSSR count). The molecular formula is C14H12FNO. The Morgan fingerprint density at radius 3 is 2.24 bits per heavy atom. The van der Waals surface area contributed by atoms with Crippen LogP contribution in [0.1, 0.15) is 21.5 Å². The van der Waals surface area contributed by atoms with E-state index in [1.54, 1.807) is 12.1 Å². The molecule has 2 aromatic rings. The van der Waals surface area contributed by atoms with E-state index in [0.29, 0.717) is 11.1 Å². The van der Waals surface area contributed by atoms with Gasteiger partial charge in [-0.2, -0.15) is 0 Å². The summed E-state index contributed by atoms with van der Waals surface area (Å²) in [6, 6.07) is 11.2. The van der Waals surface area contributed by atoms with Gasteiger partial charge in [0.1, 0.15) is 5.82 Å². The predicted molar refractivity (Wildman–Crippen MR) is 65.4 cm³/mol. The van der Waals surface area contributed by atoms with E-state index in [4.69, 9.17) is 5.73 Å². The first-order valence-corrected chi connectivity index (χ1v) is 5.24. The molecule has 0 spiro atoms. The van der Waals surface area contributed by atoms with Gasteiger partial charge in [-0.3, -0.25) is 4.79 Å². The van der Waals surface area contributed by atoms with E-state index >= 15 is 0 Å². The number of carbonyl (C=O) groups is 1. The second-order valence-electron chi connectivity index (χ2n) is 3.93. The van der Waals surface area contributed by atoms with Gasteiger partial charge in [0.05, 0.1) is 5.69 Å². The van der Waals surface area contributed by atoms with Crippen LogP contribution in [-0.2, 0) is 0 Å². The number of rotatable bonds is 2. The van der Waals surface area contributed by atoms with E-state index in [1.165, 1.54) is 18.2 Å². The molecule has 86 valence electrons. The number of nitrogen functional groups attached to an aromatic ring is 1. The number of halogens is 1. The molecule has 2 aromatic carbocycles. The van der Waals surface area contributed by atoms with Crippen molar-refractivity contribution in [3.8, 4) is 0 Å². The number of benzene rings is 2. The van der Waals surface area contributed by atoms with Gasteiger partial charge in [0.2, 0.25) is 0 Å². The Kier molecular flexibility index (Phi) is 2.91. The lowest BCUT2D eigenvalue weighted by molar-refractivity contribution is 0.103. The van der Waals surface area contributed by atoms with Crippen molar-refractivity contribution in [2.24, 2.45) is 0 Å². The molecule has 0 aliphatic rings. The molecule has 0 saturated heterocycles. The Morgan fingerprint density at radius 1 is 1.06 bits per heavy atom. The standard InChI is InChI=1S/C14H12FNO/c1-9-2-4-10(5-3-9)14(17)11-6-7-12(15)13(16)8-11/h2-8H,16H2,1H3. The van der Waals surface area contributed by atoms with Crippen LogP contribution in [0.4, 0.5) is 10.1 Å². The molecule has 0 fully saturated rings. The van der Waals surface area contributed by atoms with Gasteiger partial charge in [-0.15, -0.1) is 0 Å². The summed E-state index contributed by atoms with van der Waals surface area (Å²) in [5, 5.41) is 0. The Labute approximate surface area is 98.9 Å². The highest BCUT2D eigenvalue weighted by atomic mass is 19.1. The van der Waals surface area contributed by atoms with Crippen molar-refractivity contribution in [3.63, 3.8) is 0 Å². The van der Waals surface area contributed by atoms with E-state index in [2.05, 4.69) is 0 Å². The first-order chi connectivity index (χ1) is 8.08. The fourth-order valence-corrected chi connectivity index (χ4v) is 1.56. The zero-order valence-electron chi connectivity index (χ0n) is 9.41. The molecular weight excluding hydrogens is 217 g/mol. The Balaban J connectivity index is 2.37. The average Bonchev–Trinajstić information content (AvgIpc) is 2.33. The summed E-state index contributed by atoms with van der Waals surface area (Å²) >= 11 is 0. The minimum Gasteiger partial charge on any atom is -0.396 e. The minimum atomic E-state index is -0.509. The molecule has 0 aliphatic heterocycles. The summed E-state index contributed by atoms with van der Waals surface area (Å²) in [6.45, 7) is 1.95. The monoisotopic (exact) mass is 229 g/mol. The van der Waals surface area contributed by atoms with Gasteiger partial charge in [-0.05, 0) is 25.1 Å². The quantitative estimate of drug-likeness (QED) is 0.635. The first-order valence-electron chi connectivity index (χ1n) is 5.24. The molecule has 0 saturated carbocycles. The lowest BCUT2D eigenvalue weighted by atomic mass is 10.0. The number of ketones is 1. The fourth-order valence-electron chi connectivity index (χ4n) is 1.56. The van der Waals surface area contributed by atoms with Crippen molar-refractivity contribution in [1.82, 2.24) is 0 Å². The van der Waals surface area contributed by atoms with Crippen LogP contribution in [0.5, 0.6) is 0 Å².